The molecule has 1 aromatic heterocycles. The fourth-order valence-electron chi connectivity index (χ4n) is 1.48. The number of ether oxygens (including phenoxy) is 1. The maximum Gasteiger partial charge on any atom is 0.296 e. The van der Waals surface area contributed by atoms with E-state index >= 15 is 0 Å². The zero-order valence-electron chi connectivity index (χ0n) is 7.42. The Bertz CT molecular complexity index is 293. The molecule has 0 saturated carbocycles. The van der Waals surface area contributed by atoms with Gasteiger partial charge in [0.1, 0.15) is 0 Å². The van der Waals surface area contributed by atoms with Crippen molar-refractivity contribution >= 4 is 0 Å². The molecule has 0 unspecified atom stereocenters. The van der Waals surface area contributed by atoms with Crippen molar-refractivity contribution in [3.05, 3.63) is 11.4 Å². The van der Waals surface area contributed by atoms with Crippen LogP contribution in [0.5, 0.6) is 6.01 Å². The van der Waals surface area contributed by atoms with E-state index in [0.717, 1.165) is 24.8 Å². The molecule has 0 amide bonds. The summed E-state index contributed by atoms with van der Waals surface area (Å²) in [6.07, 6.45) is 0. The van der Waals surface area contributed by atoms with Gasteiger partial charge in [0, 0.05) is 20.1 Å². The van der Waals surface area contributed by atoms with Gasteiger partial charge in [-0.2, -0.15) is 4.98 Å². The lowest BCUT2D eigenvalue weighted by atomic mass is 10.4. The Hall–Kier alpha value is -1.03. The second-order valence-electron chi connectivity index (χ2n) is 2.88. The van der Waals surface area contributed by atoms with Crippen molar-refractivity contribution in [2.24, 2.45) is 7.05 Å². The van der Waals surface area contributed by atoms with Gasteiger partial charge in [0.15, 0.2) is 0 Å². The van der Waals surface area contributed by atoms with Crippen LogP contribution in [0, 0.1) is 0 Å². The average Bonchev–Trinajstić information content (AvgIpc) is 2.58. The van der Waals surface area contributed by atoms with Gasteiger partial charge in [0.25, 0.3) is 6.01 Å². The minimum absolute atomic E-state index is 0.678. The normalized spacial score (nSPS) is 14.8. The Morgan fingerprint density at radius 1 is 1.58 bits per heavy atom. The smallest absolute Gasteiger partial charge is 0.296 e. The van der Waals surface area contributed by atoms with E-state index in [-0.39, 0.29) is 0 Å². The molecule has 1 N–H and O–H groups in total. The molecule has 2 heterocycles. The van der Waals surface area contributed by atoms with E-state index < -0.39 is 0 Å². The van der Waals surface area contributed by atoms with Gasteiger partial charge < -0.3 is 10.1 Å². The van der Waals surface area contributed by atoms with Gasteiger partial charge in [-0.05, 0) is 6.92 Å². The second-order valence-corrected chi connectivity index (χ2v) is 2.88. The monoisotopic (exact) mass is 167 g/mol. The Kier molecular flexibility index (Phi) is 1.77. The van der Waals surface area contributed by atoms with Gasteiger partial charge in [-0.1, -0.05) is 0 Å². The first-order valence-electron chi connectivity index (χ1n) is 4.21. The van der Waals surface area contributed by atoms with Crippen LogP contribution in [0.1, 0.15) is 18.3 Å². The summed E-state index contributed by atoms with van der Waals surface area (Å²) < 4.78 is 7.37. The first-order valence-corrected chi connectivity index (χ1v) is 4.21. The molecular formula is C8H13N3O. The predicted octanol–water partition coefficient (Wildman–Crippen LogP) is 0.422. The fourth-order valence-corrected chi connectivity index (χ4v) is 1.48. The predicted molar refractivity (Wildman–Crippen MR) is 44.9 cm³/mol. The molecule has 12 heavy (non-hydrogen) atoms. The quantitative estimate of drug-likeness (QED) is 0.694. The van der Waals surface area contributed by atoms with Crippen molar-refractivity contribution in [3.8, 4) is 6.01 Å². The van der Waals surface area contributed by atoms with E-state index in [1.807, 2.05) is 18.5 Å². The maximum absolute atomic E-state index is 5.36. The number of nitrogens with one attached hydrogen (secondary N) is 1. The van der Waals surface area contributed by atoms with Crippen LogP contribution in [-0.4, -0.2) is 16.2 Å². The highest BCUT2D eigenvalue weighted by Crippen LogP contribution is 2.19. The molecule has 66 valence electrons. The van der Waals surface area contributed by atoms with Crippen LogP contribution >= 0.6 is 0 Å². The van der Waals surface area contributed by atoms with Crippen LogP contribution in [-0.2, 0) is 20.1 Å². The van der Waals surface area contributed by atoms with Gasteiger partial charge in [0.2, 0.25) is 0 Å². The van der Waals surface area contributed by atoms with Crippen molar-refractivity contribution in [3.63, 3.8) is 0 Å². The summed E-state index contributed by atoms with van der Waals surface area (Å²) in [6, 6.07) is 0.740. The number of rotatable bonds is 2. The molecule has 0 saturated heterocycles. The van der Waals surface area contributed by atoms with E-state index in [1.165, 1.54) is 5.69 Å². The van der Waals surface area contributed by atoms with E-state index in [2.05, 4.69) is 10.3 Å². The Labute approximate surface area is 71.6 Å². The van der Waals surface area contributed by atoms with E-state index in [9.17, 15) is 0 Å². The lowest BCUT2D eigenvalue weighted by Gasteiger charge is -2.03. The fraction of sp³-hybridized carbons (Fsp3) is 0.625. The molecule has 0 atom stereocenters. The Morgan fingerprint density at radius 2 is 2.42 bits per heavy atom. The number of hydrogen-bond acceptors (Lipinski definition) is 3. The van der Waals surface area contributed by atoms with Crippen molar-refractivity contribution in [1.82, 2.24) is 14.9 Å². The van der Waals surface area contributed by atoms with Gasteiger partial charge in [-0.25, -0.2) is 0 Å². The van der Waals surface area contributed by atoms with E-state index in [4.69, 9.17) is 4.74 Å². The molecule has 0 fully saturated rings. The molecule has 4 heteroatoms. The number of aromatic nitrogens is 2. The molecule has 4 nitrogen and oxygen atoms in total. The minimum Gasteiger partial charge on any atom is -0.465 e. The van der Waals surface area contributed by atoms with Crippen LogP contribution in [0.3, 0.4) is 0 Å². The molecule has 1 aromatic rings. The lowest BCUT2D eigenvalue weighted by molar-refractivity contribution is 0.300. The molecule has 2 rings (SSSR count). The SMILES string of the molecule is CCOc1nc2c(n1C)CNC2. The van der Waals surface area contributed by atoms with Crippen LogP contribution in [0.2, 0.25) is 0 Å². The topological polar surface area (TPSA) is 39.1 Å². The largest absolute Gasteiger partial charge is 0.465 e. The second kappa shape index (κ2) is 2.79. The summed E-state index contributed by atoms with van der Waals surface area (Å²) in [5.41, 5.74) is 2.37. The van der Waals surface area contributed by atoms with E-state index in [1.54, 1.807) is 0 Å². The molecule has 0 spiro atoms. The third-order valence-corrected chi connectivity index (χ3v) is 2.11. The maximum atomic E-state index is 5.36. The van der Waals surface area contributed by atoms with Crippen molar-refractivity contribution in [2.45, 2.75) is 20.0 Å². The first-order chi connectivity index (χ1) is 5.83. The molecule has 0 radical (unpaired) electrons. The third kappa shape index (κ3) is 0.992. The average molecular weight is 167 g/mol. The molecule has 1 aliphatic rings. The Morgan fingerprint density at radius 3 is 3.08 bits per heavy atom. The van der Waals surface area contributed by atoms with Gasteiger partial charge in [-0.15, -0.1) is 0 Å². The van der Waals surface area contributed by atoms with Crippen molar-refractivity contribution in [2.75, 3.05) is 6.61 Å². The summed E-state index contributed by atoms with van der Waals surface area (Å²) in [6.45, 7) is 4.43. The molecule has 1 aliphatic heterocycles. The molecule has 0 aliphatic carbocycles. The van der Waals surface area contributed by atoms with Crippen LogP contribution in [0.15, 0.2) is 0 Å². The highest BCUT2D eigenvalue weighted by Gasteiger charge is 2.19. The molecular weight excluding hydrogens is 154 g/mol. The first kappa shape index (κ1) is 7.61. The number of nitrogens with zero attached hydrogens (tertiary/aromatic N) is 2. The number of fused-ring (bicyclic) bond motifs is 1. The van der Waals surface area contributed by atoms with Crippen molar-refractivity contribution in [1.29, 1.82) is 0 Å². The van der Waals surface area contributed by atoms with Gasteiger partial charge >= 0.3 is 0 Å². The van der Waals surface area contributed by atoms with Crippen LogP contribution < -0.4 is 10.1 Å². The zero-order valence-corrected chi connectivity index (χ0v) is 7.42. The lowest BCUT2D eigenvalue weighted by Crippen LogP contribution is -2.07. The summed E-state index contributed by atoms with van der Waals surface area (Å²) >= 11 is 0. The number of hydrogen-bond donors (Lipinski definition) is 1. The van der Waals surface area contributed by atoms with Crippen molar-refractivity contribution < 1.29 is 4.74 Å². The summed E-state index contributed by atoms with van der Waals surface area (Å²) in [4.78, 5) is 4.36. The van der Waals surface area contributed by atoms with Gasteiger partial charge in [0.05, 0.1) is 18.0 Å². The summed E-state index contributed by atoms with van der Waals surface area (Å²) in [5, 5.41) is 3.24. The summed E-state index contributed by atoms with van der Waals surface area (Å²) in [7, 11) is 1.99. The zero-order chi connectivity index (χ0) is 8.55. The van der Waals surface area contributed by atoms with Crippen LogP contribution in [0.25, 0.3) is 0 Å². The highest BCUT2D eigenvalue weighted by molar-refractivity contribution is 5.23. The number of imidazole rings is 1. The standard InChI is InChI=1S/C8H13N3O/c1-3-12-8-10-6-4-9-5-7(6)11(8)2/h9H,3-5H2,1-2H3. The third-order valence-electron chi connectivity index (χ3n) is 2.11. The highest BCUT2D eigenvalue weighted by atomic mass is 16.5. The molecule has 0 bridgehead atoms. The minimum atomic E-state index is 0.678. The summed E-state index contributed by atoms with van der Waals surface area (Å²) in [5.74, 6) is 0. The van der Waals surface area contributed by atoms with Crippen LogP contribution in [0.4, 0.5) is 0 Å². The molecule has 0 aromatic carbocycles. The van der Waals surface area contributed by atoms with Gasteiger partial charge in [-0.3, -0.25) is 4.57 Å². The van der Waals surface area contributed by atoms with E-state index in [0.29, 0.717) is 6.61 Å². The Balaban J connectivity index is 2.34.